The van der Waals surface area contributed by atoms with Crippen molar-refractivity contribution in [2.24, 2.45) is 5.92 Å². The average Bonchev–Trinajstić information content (AvgIpc) is 2.82. The van der Waals surface area contributed by atoms with Crippen molar-refractivity contribution in [3.63, 3.8) is 0 Å². The third kappa shape index (κ3) is 2.71. The Labute approximate surface area is 110 Å². The standard InChI is InChI=1S/C13H13ClN2O2/c1-9(13(17)18)7-10-3-4-12(11(14)8-10)16-6-2-5-15-16/h2-6,8-9H,7H2,1H3,(H,17,18). The van der Waals surface area contributed by atoms with Crippen molar-refractivity contribution in [2.75, 3.05) is 0 Å². The zero-order valence-electron chi connectivity index (χ0n) is 9.88. The molecule has 2 rings (SSSR count). The van der Waals surface area contributed by atoms with Gasteiger partial charge in [0.25, 0.3) is 0 Å². The van der Waals surface area contributed by atoms with Crippen molar-refractivity contribution in [3.05, 3.63) is 47.2 Å². The van der Waals surface area contributed by atoms with E-state index in [4.69, 9.17) is 16.7 Å². The highest BCUT2D eigenvalue weighted by atomic mass is 35.5. The summed E-state index contributed by atoms with van der Waals surface area (Å²) < 4.78 is 1.67. The van der Waals surface area contributed by atoms with Crippen LogP contribution in [0.4, 0.5) is 0 Å². The molecule has 1 atom stereocenters. The minimum Gasteiger partial charge on any atom is -0.481 e. The Hall–Kier alpha value is -1.81. The first-order valence-electron chi connectivity index (χ1n) is 5.59. The summed E-state index contributed by atoms with van der Waals surface area (Å²) in [5.74, 6) is -1.22. The summed E-state index contributed by atoms with van der Waals surface area (Å²) in [7, 11) is 0. The number of hydrogen-bond acceptors (Lipinski definition) is 2. The van der Waals surface area contributed by atoms with E-state index in [0.717, 1.165) is 11.3 Å². The van der Waals surface area contributed by atoms with Crippen LogP contribution in [0.5, 0.6) is 0 Å². The van der Waals surface area contributed by atoms with Crippen LogP contribution in [0.3, 0.4) is 0 Å². The van der Waals surface area contributed by atoms with Crippen LogP contribution in [0.2, 0.25) is 5.02 Å². The third-order valence-corrected chi connectivity index (χ3v) is 3.03. The van der Waals surface area contributed by atoms with Gasteiger partial charge < -0.3 is 5.11 Å². The number of benzene rings is 1. The molecule has 1 unspecified atom stereocenters. The minimum atomic E-state index is -0.803. The number of halogens is 1. The lowest BCUT2D eigenvalue weighted by Gasteiger charge is -2.09. The van der Waals surface area contributed by atoms with Gasteiger partial charge in [-0.05, 0) is 30.2 Å². The molecule has 0 bridgehead atoms. The minimum absolute atomic E-state index is 0.420. The van der Waals surface area contributed by atoms with Crippen LogP contribution in [-0.2, 0) is 11.2 Å². The molecule has 1 heterocycles. The maximum atomic E-state index is 10.8. The van der Waals surface area contributed by atoms with Crippen LogP contribution in [0.25, 0.3) is 5.69 Å². The lowest BCUT2D eigenvalue weighted by Crippen LogP contribution is -2.12. The Bertz CT molecular complexity index is 552. The van der Waals surface area contributed by atoms with E-state index in [1.165, 1.54) is 0 Å². The summed E-state index contributed by atoms with van der Waals surface area (Å²) in [6.07, 6.45) is 3.95. The second-order valence-corrected chi connectivity index (χ2v) is 4.59. The van der Waals surface area contributed by atoms with Crippen LogP contribution in [0, 0.1) is 5.92 Å². The first-order valence-corrected chi connectivity index (χ1v) is 5.97. The van der Waals surface area contributed by atoms with E-state index >= 15 is 0 Å². The molecular weight excluding hydrogens is 252 g/mol. The van der Waals surface area contributed by atoms with Gasteiger partial charge >= 0.3 is 5.97 Å². The predicted octanol–water partition coefficient (Wildman–Crippen LogP) is 2.79. The van der Waals surface area contributed by atoms with Crippen LogP contribution in [0.1, 0.15) is 12.5 Å². The van der Waals surface area contributed by atoms with Gasteiger partial charge in [0, 0.05) is 12.4 Å². The first kappa shape index (κ1) is 12.6. The van der Waals surface area contributed by atoms with Gasteiger partial charge in [-0.15, -0.1) is 0 Å². The normalized spacial score (nSPS) is 12.3. The highest BCUT2D eigenvalue weighted by Gasteiger charge is 2.12. The molecule has 18 heavy (non-hydrogen) atoms. The number of rotatable bonds is 4. The Kier molecular flexibility index (Phi) is 3.67. The van der Waals surface area contributed by atoms with E-state index < -0.39 is 11.9 Å². The molecule has 0 aliphatic rings. The third-order valence-electron chi connectivity index (χ3n) is 2.73. The van der Waals surface area contributed by atoms with Crippen molar-refractivity contribution in [2.45, 2.75) is 13.3 Å². The predicted molar refractivity (Wildman–Crippen MR) is 69.1 cm³/mol. The zero-order chi connectivity index (χ0) is 13.1. The molecule has 1 aromatic heterocycles. The molecule has 4 nitrogen and oxygen atoms in total. The van der Waals surface area contributed by atoms with Gasteiger partial charge in [0.2, 0.25) is 0 Å². The second-order valence-electron chi connectivity index (χ2n) is 4.18. The summed E-state index contributed by atoms with van der Waals surface area (Å²) in [6.45, 7) is 1.68. The lowest BCUT2D eigenvalue weighted by atomic mass is 10.0. The van der Waals surface area contributed by atoms with Crippen molar-refractivity contribution in [3.8, 4) is 5.69 Å². The van der Waals surface area contributed by atoms with E-state index in [0.29, 0.717) is 11.4 Å². The van der Waals surface area contributed by atoms with Gasteiger partial charge in [0.1, 0.15) is 0 Å². The van der Waals surface area contributed by atoms with Crippen molar-refractivity contribution in [1.82, 2.24) is 9.78 Å². The van der Waals surface area contributed by atoms with Gasteiger partial charge in [0.05, 0.1) is 16.6 Å². The number of nitrogens with zero attached hydrogens (tertiary/aromatic N) is 2. The maximum absolute atomic E-state index is 10.8. The molecule has 0 spiro atoms. The summed E-state index contributed by atoms with van der Waals surface area (Å²) in [6, 6.07) is 7.33. The summed E-state index contributed by atoms with van der Waals surface area (Å²) in [4.78, 5) is 10.8. The second kappa shape index (κ2) is 5.23. The molecule has 1 N–H and O–H groups in total. The molecule has 0 aliphatic heterocycles. The maximum Gasteiger partial charge on any atom is 0.306 e. The van der Waals surface area contributed by atoms with E-state index in [1.54, 1.807) is 30.1 Å². The molecule has 0 saturated heterocycles. The highest BCUT2D eigenvalue weighted by molar-refractivity contribution is 6.32. The van der Waals surface area contributed by atoms with Crippen molar-refractivity contribution < 1.29 is 9.90 Å². The Morgan fingerprint density at radius 1 is 1.56 bits per heavy atom. The summed E-state index contributed by atoms with van der Waals surface area (Å²) >= 11 is 6.18. The lowest BCUT2D eigenvalue weighted by molar-refractivity contribution is -0.141. The number of aromatic nitrogens is 2. The largest absolute Gasteiger partial charge is 0.481 e. The zero-order valence-corrected chi connectivity index (χ0v) is 10.6. The molecule has 0 radical (unpaired) electrons. The van der Waals surface area contributed by atoms with Gasteiger partial charge in [0.15, 0.2) is 0 Å². The fourth-order valence-electron chi connectivity index (χ4n) is 1.72. The highest BCUT2D eigenvalue weighted by Crippen LogP contribution is 2.22. The average molecular weight is 265 g/mol. The molecule has 0 amide bonds. The van der Waals surface area contributed by atoms with E-state index in [9.17, 15) is 4.79 Å². The van der Waals surface area contributed by atoms with Crippen LogP contribution < -0.4 is 0 Å². The van der Waals surface area contributed by atoms with Crippen LogP contribution in [-0.4, -0.2) is 20.9 Å². The molecule has 94 valence electrons. The number of carbonyl (C=O) groups is 1. The van der Waals surface area contributed by atoms with E-state index in [1.807, 2.05) is 18.2 Å². The van der Waals surface area contributed by atoms with E-state index in [-0.39, 0.29) is 0 Å². The smallest absolute Gasteiger partial charge is 0.306 e. The van der Waals surface area contributed by atoms with E-state index in [2.05, 4.69) is 5.10 Å². The van der Waals surface area contributed by atoms with Crippen LogP contribution >= 0.6 is 11.6 Å². The number of carboxylic acid groups (broad SMARTS) is 1. The van der Waals surface area contributed by atoms with Gasteiger partial charge in [-0.1, -0.05) is 24.6 Å². The Morgan fingerprint density at radius 3 is 2.89 bits per heavy atom. The molecule has 5 heteroatoms. The fourth-order valence-corrected chi connectivity index (χ4v) is 2.01. The quantitative estimate of drug-likeness (QED) is 0.924. The monoisotopic (exact) mass is 264 g/mol. The first-order chi connectivity index (χ1) is 8.58. The number of aliphatic carboxylic acids is 1. The van der Waals surface area contributed by atoms with Gasteiger partial charge in [-0.25, -0.2) is 4.68 Å². The molecule has 0 fully saturated rings. The number of carboxylic acids is 1. The summed E-state index contributed by atoms with van der Waals surface area (Å²) in [5.41, 5.74) is 1.69. The number of hydrogen-bond donors (Lipinski definition) is 1. The van der Waals surface area contributed by atoms with Crippen molar-refractivity contribution >= 4 is 17.6 Å². The van der Waals surface area contributed by atoms with Crippen LogP contribution in [0.15, 0.2) is 36.7 Å². The summed E-state index contributed by atoms with van der Waals surface area (Å²) in [5, 5.41) is 13.5. The molecular formula is C13H13ClN2O2. The molecule has 0 aliphatic carbocycles. The van der Waals surface area contributed by atoms with Gasteiger partial charge in [-0.3, -0.25) is 4.79 Å². The fraction of sp³-hybridized carbons (Fsp3) is 0.231. The molecule has 2 aromatic rings. The van der Waals surface area contributed by atoms with Crippen molar-refractivity contribution in [1.29, 1.82) is 0 Å². The Morgan fingerprint density at radius 2 is 2.33 bits per heavy atom. The topological polar surface area (TPSA) is 55.1 Å². The molecule has 1 aromatic carbocycles. The molecule has 0 saturated carbocycles. The SMILES string of the molecule is CC(Cc1ccc(-n2cccn2)c(Cl)c1)C(=O)O. The Balaban J connectivity index is 2.23. The van der Waals surface area contributed by atoms with Gasteiger partial charge in [-0.2, -0.15) is 5.10 Å².